The summed E-state index contributed by atoms with van der Waals surface area (Å²) in [5, 5.41) is 9.00. The molecule has 0 aliphatic rings. The minimum absolute atomic E-state index is 0.284. The monoisotopic (exact) mass is 455 g/mol. The van der Waals surface area contributed by atoms with Gasteiger partial charge in [0.25, 0.3) is 5.56 Å². The molecule has 0 saturated carbocycles. The molecule has 0 aliphatic carbocycles. The van der Waals surface area contributed by atoms with Gasteiger partial charge in [-0.3, -0.25) is 4.79 Å². The molecule has 0 fully saturated rings. The van der Waals surface area contributed by atoms with E-state index in [-0.39, 0.29) is 11.4 Å². The minimum atomic E-state index is -0.343. The summed E-state index contributed by atoms with van der Waals surface area (Å²) in [6, 6.07) is 19.1. The molecule has 0 atom stereocenters. The van der Waals surface area contributed by atoms with E-state index in [2.05, 4.69) is 15.2 Å². The fraction of sp³-hybridized carbons (Fsp3) is 0. The van der Waals surface area contributed by atoms with Crippen LogP contribution < -0.4 is 10.1 Å². The number of fused-ring (bicyclic) bond motifs is 1. The lowest BCUT2D eigenvalue weighted by molar-refractivity contribution is 0.579. The summed E-state index contributed by atoms with van der Waals surface area (Å²) in [7, 11) is 0. The first kappa shape index (κ1) is 19.3. The number of hydrogen-bond donors (Lipinski definition) is 0. The fourth-order valence-corrected chi connectivity index (χ4v) is 4.41. The average molecular weight is 455 g/mol. The third kappa shape index (κ3) is 3.44. The van der Waals surface area contributed by atoms with Gasteiger partial charge in [-0.1, -0.05) is 29.5 Å². The van der Waals surface area contributed by atoms with Crippen LogP contribution in [0.5, 0.6) is 0 Å². The van der Waals surface area contributed by atoms with Gasteiger partial charge in [-0.05, 0) is 54.6 Å². The number of nitrogens with zero attached hydrogens (tertiary/aromatic N) is 5. The summed E-state index contributed by atoms with van der Waals surface area (Å²) >= 11 is 1.23. The molecule has 33 heavy (non-hydrogen) atoms. The Labute approximate surface area is 189 Å². The molecule has 4 heterocycles. The summed E-state index contributed by atoms with van der Waals surface area (Å²) in [6.45, 7) is 0. The van der Waals surface area contributed by atoms with E-state index in [4.69, 9.17) is 4.42 Å². The second-order valence-corrected chi connectivity index (χ2v) is 8.25. The van der Waals surface area contributed by atoms with E-state index >= 15 is 0 Å². The van der Waals surface area contributed by atoms with Crippen molar-refractivity contribution in [1.82, 2.24) is 24.4 Å². The van der Waals surface area contributed by atoms with E-state index in [0.29, 0.717) is 32.3 Å². The normalized spacial score (nSPS) is 12.1. The number of aromatic nitrogens is 5. The Bertz CT molecular complexity index is 1680. The third-order valence-electron chi connectivity index (χ3n) is 5.09. The molecule has 0 amide bonds. The van der Waals surface area contributed by atoms with Gasteiger partial charge in [0.2, 0.25) is 4.96 Å². The van der Waals surface area contributed by atoms with Crippen molar-refractivity contribution in [3.8, 4) is 28.5 Å². The smallest absolute Gasteiger partial charge is 0.291 e. The van der Waals surface area contributed by atoms with Crippen molar-refractivity contribution in [3.05, 3.63) is 105 Å². The Morgan fingerprint density at radius 3 is 2.52 bits per heavy atom. The van der Waals surface area contributed by atoms with Crippen molar-refractivity contribution < 1.29 is 8.81 Å². The quantitative estimate of drug-likeness (QED) is 0.402. The lowest BCUT2D eigenvalue weighted by atomic mass is 10.2. The van der Waals surface area contributed by atoms with Gasteiger partial charge in [-0.25, -0.2) is 9.07 Å². The molecule has 0 unspecified atom stereocenters. The van der Waals surface area contributed by atoms with Crippen molar-refractivity contribution in [2.45, 2.75) is 0 Å². The zero-order chi connectivity index (χ0) is 22.4. The first-order valence-electron chi connectivity index (χ1n) is 10.0. The SMILES string of the molecule is O=c1/c(=C/c2cn(-c3ccccc3)nc2-c2ccco2)sc2nc(-c3ccc(F)cc3)nn12. The number of para-hydroxylation sites is 1. The third-order valence-corrected chi connectivity index (χ3v) is 6.05. The van der Waals surface area contributed by atoms with E-state index in [1.165, 1.54) is 28.0 Å². The molecule has 6 rings (SSSR count). The predicted molar refractivity (Wildman–Crippen MR) is 123 cm³/mol. The first-order chi connectivity index (χ1) is 16.2. The van der Waals surface area contributed by atoms with Crippen LogP contribution in [0.25, 0.3) is 39.6 Å². The molecule has 6 aromatic rings. The highest BCUT2D eigenvalue weighted by Crippen LogP contribution is 2.25. The van der Waals surface area contributed by atoms with Crippen LogP contribution in [-0.2, 0) is 0 Å². The summed E-state index contributed by atoms with van der Waals surface area (Å²) in [4.78, 5) is 17.9. The molecule has 0 spiro atoms. The van der Waals surface area contributed by atoms with Gasteiger partial charge < -0.3 is 4.42 Å². The van der Waals surface area contributed by atoms with Crippen LogP contribution >= 0.6 is 11.3 Å². The maximum absolute atomic E-state index is 13.2. The molecule has 4 aromatic heterocycles. The van der Waals surface area contributed by atoms with Crippen LogP contribution in [0, 0.1) is 5.82 Å². The highest BCUT2D eigenvalue weighted by atomic mass is 32.1. The number of thiazole rings is 1. The van der Waals surface area contributed by atoms with Crippen molar-refractivity contribution in [2.75, 3.05) is 0 Å². The Morgan fingerprint density at radius 1 is 0.970 bits per heavy atom. The van der Waals surface area contributed by atoms with Crippen LogP contribution in [-0.4, -0.2) is 24.4 Å². The Kier molecular flexibility index (Phi) is 4.48. The number of furan rings is 1. The van der Waals surface area contributed by atoms with Gasteiger partial charge >= 0.3 is 0 Å². The number of rotatable bonds is 4. The lowest BCUT2D eigenvalue weighted by Crippen LogP contribution is -2.23. The van der Waals surface area contributed by atoms with Crippen LogP contribution in [0.4, 0.5) is 4.39 Å². The highest BCUT2D eigenvalue weighted by molar-refractivity contribution is 7.15. The number of halogens is 1. The molecular formula is C24H14FN5O2S. The summed E-state index contributed by atoms with van der Waals surface area (Å²) in [6.07, 6.45) is 5.21. The molecule has 160 valence electrons. The van der Waals surface area contributed by atoms with E-state index in [1.54, 1.807) is 35.2 Å². The molecule has 0 N–H and O–H groups in total. The molecule has 2 aromatic carbocycles. The van der Waals surface area contributed by atoms with Gasteiger partial charge in [0, 0.05) is 17.3 Å². The Morgan fingerprint density at radius 2 is 1.79 bits per heavy atom. The summed E-state index contributed by atoms with van der Waals surface area (Å²) in [5.74, 6) is 0.629. The molecular weight excluding hydrogens is 441 g/mol. The van der Waals surface area contributed by atoms with E-state index in [9.17, 15) is 9.18 Å². The standard InChI is InChI=1S/C24H14FN5O2S/c25-17-10-8-15(9-11-17)22-26-24-30(28-22)23(31)20(33-24)13-16-14-29(18-5-2-1-3-6-18)27-21(16)19-7-4-12-32-19/h1-14H/b20-13-. The lowest BCUT2D eigenvalue weighted by Gasteiger charge is -1.98. The zero-order valence-corrected chi connectivity index (χ0v) is 17.7. The van der Waals surface area contributed by atoms with E-state index < -0.39 is 0 Å². The van der Waals surface area contributed by atoms with Gasteiger partial charge in [0.1, 0.15) is 11.5 Å². The molecule has 9 heteroatoms. The van der Waals surface area contributed by atoms with Gasteiger partial charge in [0.05, 0.1) is 16.5 Å². The number of hydrogen-bond acceptors (Lipinski definition) is 6. The molecule has 0 bridgehead atoms. The van der Waals surface area contributed by atoms with Crippen LogP contribution in [0.15, 0.2) is 88.4 Å². The van der Waals surface area contributed by atoms with Crippen molar-refractivity contribution in [3.63, 3.8) is 0 Å². The molecule has 0 radical (unpaired) electrons. The van der Waals surface area contributed by atoms with Gasteiger partial charge in [-0.2, -0.15) is 14.6 Å². The van der Waals surface area contributed by atoms with Crippen molar-refractivity contribution >= 4 is 22.4 Å². The Balaban J connectivity index is 1.47. The summed E-state index contributed by atoms with van der Waals surface area (Å²) in [5.41, 5.74) is 2.59. The molecule has 0 aliphatic heterocycles. The zero-order valence-electron chi connectivity index (χ0n) is 16.9. The number of benzene rings is 2. The molecule has 0 saturated heterocycles. The van der Waals surface area contributed by atoms with Crippen molar-refractivity contribution in [2.24, 2.45) is 0 Å². The second-order valence-electron chi connectivity index (χ2n) is 7.24. The van der Waals surface area contributed by atoms with Gasteiger partial charge in [-0.15, -0.1) is 5.10 Å². The van der Waals surface area contributed by atoms with Crippen LogP contribution in [0.2, 0.25) is 0 Å². The summed E-state index contributed by atoms with van der Waals surface area (Å²) < 4.78 is 22.3. The highest BCUT2D eigenvalue weighted by Gasteiger charge is 2.16. The molecule has 7 nitrogen and oxygen atoms in total. The van der Waals surface area contributed by atoms with Crippen LogP contribution in [0.3, 0.4) is 0 Å². The van der Waals surface area contributed by atoms with Crippen LogP contribution in [0.1, 0.15) is 5.56 Å². The van der Waals surface area contributed by atoms with E-state index in [0.717, 1.165) is 11.3 Å². The predicted octanol–water partition coefficient (Wildman–Crippen LogP) is 3.95. The largest absolute Gasteiger partial charge is 0.463 e. The van der Waals surface area contributed by atoms with Crippen molar-refractivity contribution in [1.29, 1.82) is 0 Å². The van der Waals surface area contributed by atoms with Gasteiger partial charge in [0.15, 0.2) is 11.6 Å². The second kappa shape index (κ2) is 7.64. The minimum Gasteiger partial charge on any atom is -0.463 e. The topological polar surface area (TPSA) is 78.2 Å². The maximum Gasteiger partial charge on any atom is 0.291 e. The average Bonchev–Trinajstić information content (AvgIpc) is 3.62. The first-order valence-corrected chi connectivity index (χ1v) is 10.8. The Hall–Kier alpha value is -4.37. The fourth-order valence-electron chi connectivity index (χ4n) is 3.51. The maximum atomic E-state index is 13.2. The van der Waals surface area contributed by atoms with E-state index in [1.807, 2.05) is 42.6 Å².